The Morgan fingerprint density at radius 3 is 1.03 bits per heavy atom. The van der Waals surface area contributed by atoms with E-state index >= 15 is 0 Å². The average molecular weight is 975 g/mol. The van der Waals surface area contributed by atoms with Crippen molar-refractivity contribution in [2.24, 2.45) is 14.1 Å². The molecule has 3 aliphatic rings. The molecule has 8 nitrogen and oxygen atoms in total. The molecule has 0 saturated carbocycles. The normalized spacial score (nSPS) is 14.2. The second-order valence-corrected chi connectivity index (χ2v) is 20.0. The van der Waals surface area contributed by atoms with Crippen molar-refractivity contribution >= 4 is 22.1 Å². The molecular weight excluding hydrogens is 929 g/mol. The van der Waals surface area contributed by atoms with Gasteiger partial charge in [0.1, 0.15) is 11.6 Å². The van der Waals surface area contributed by atoms with Crippen molar-refractivity contribution in [3.8, 4) is 90.6 Å². The van der Waals surface area contributed by atoms with Crippen LogP contribution in [-0.2, 0) is 14.1 Å². The van der Waals surface area contributed by atoms with Crippen LogP contribution in [0.5, 0.6) is 0 Å². The third kappa shape index (κ3) is 7.13. The number of rotatable bonds is 8. The molecule has 13 aromatic rings. The van der Waals surface area contributed by atoms with Crippen molar-refractivity contribution in [3.63, 3.8) is 0 Å². The lowest BCUT2D eigenvalue weighted by atomic mass is 9.60. The minimum Gasteiger partial charge on any atom is -0.327 e. The largest absolute Gasteiger partial charge is 0.327 e. The van der Waals surface area contributed by atoms with E-state index in [2.05, 4.69) is 205 Å². The summed E-state index contributed by atoms with van der Waals surface area (Å²) in [7, 11) is 4.15. The number of para-hydroxylation sites is 4. The van der Waals surface area contributed by atoms with Gasteiger partial charge in [-0.05, 0) is 94.0 Å². The van der Waals surface area contributed by atoms with Crippen molar-refractivity contribution < 1.29 is 0 Å². The summed E-state index contributed by atoms with van der Waals surface area (Å²) in [6.07, 6.45) is 0. The maximum absolute atomic E-state index is 5.31. The summed E-state index contributed by atoms with van der Waals surface area (Å²) < 4.78 is 4.32. The summed E-state index contributed by atoms with van der Waals surface area (Å²) in [6, 6.07) is 81.5. The molecule has 0 N–H and O–H groups in total. The lowest BCUT2D eigenvalue weighted by Crippen LogP contribution is -2.27. The Kier molecular flexibility index (Phi) is 9.97. The summed E-state index contributed by atoms with van der Waals surface area (Å²) in [5, 5.41) is 0. The summed E-state index contributed by atoms with van der Waals surface area (Å²) in [4.78, 5) is 31.2. The Morgan fingerprint density at radius 2 is 0.605 bits per heavy atom. The first kappa shape index (κ1) is 43.6. The van der Waals surface area contributed by atoms with E-state index in [0.29, 0.717) is 11.6 Å². The first-order chi connectivity index (χ1) is 37.5. The predicted octanol–water partition coefficient (Wildman–Crippen LogP) is 15.4. The van der Waals surface area contributed by atoms with Crippen molar-refractivity contribution in [1.29, 1.82) is 0 Å². The van der Waals surface area contributed by atoms with E-state index in [4.69, 9.17) is 29.9 Å². The highest BCUT2D eigenvalue weighted by molar-refractivity contribution is 5.85. The van der Waals surface area contributed by atoms with Gasteiger partial charge in [0, 0.05) is 70.4 Å². The maximum atomic E-state index is 5.31. The van der Waals surface area contributed by atoms with Crippen LogP contribution in [-0.4, -0.2) is 39.0 Å². The fourth-order valence-corrected chi connectivity index (χ4v) is 11.9. The Hall–Kier alpha value is -9.92. The van der Waals surface area contributed by atoms with E-state index in [1.807, 2.05) is 48.5 Å². The standard InChI is InChI=1S/C68H46N8/c1-75-61-29-13-11-27-55(61)73-67(75)47-23-15-21-43(35-47)57-39-59(71-65(69-57)41-17-5-3-6-18-41)45-31-33-51-53(37-45)63-49-25-9-10-26-50(49)64(51)54-38-46(32-34-52(54)63)60-40-58(70-66(72-60)42-19-7-4-8-20-42)44-22-16-24-48(36-44)68-74-56-28-12-14-30-62(56)76(68)2/h3-40,63-64H,1-2H3. The molecule has 0 amide bonds. The van der Waals surface area contributed by atoms with E-state index < -0.39 is 0 Å². The van der Waals surface area contributed by atoms with E-state index in [1.54, 1.807) is 0 Å². The fourth-order valence-electron chi connectivity index (χ4n) is 11.9. The molecule has 2 bridgehead atoms. The number of benzene rings is 9. The van der Waals surface area contributed by atoms with Gasteiger partial charge in [-0.25, -0.2) is 29.9 Å². The van der Waals surface area contributed by atoms with E-state index in [1.165, 1.54) is 33.4 Å². The van der Waals surface area contributed by atoms with E-state index in [0.717, 1.165) is 101 Å². The van der Waals surface area contributed by atoms with Gasteiger partial charge in [0.25, 0.3) is 0 Å². The Balaban J connectivity index is 0.832. The number of nitrogens with zero attached hydrogens (tertiary/aromatic N) is 8. The fraction of sp³-hybridized carbons (Fsp3) is 0.0588. The van der Waals surface area contributed by atoms with Gasteiger partial charge < -0.3 is 9.13 Å². The van der Waals surface area contributed by atoms with Gasteiger partial charge in [0.2, 0.25) is 0 Å². The molecule has 0 fully saturated rings. The smallest absolute Gasteiger partial charge is 0.160 e. The molecule has 16 rings (SSSR count). The van der Waals surface area contributed by atoms with Crippen LogP contribution < -0.4 is 0 Å². The van der Waals surface area contributed by atoms with Gasteiger partial charge in [-0.2, -0.15) is 0 Å². The van der Waals surface area contributed by atoms with Gasteiger partial charge in [-0.1, -0.05) is 170 Å². The average Bonchev–Trinajstić information content (AvgIpc) is 4.14. The summed E-state index contributed by atoms with van der Waals surface area (Å²) in [5.74, 6) is 3.25. The highest BCUT2D eigenvalue weighted by Crippen LogP contribution is 2.57. The first-order valence-electron chi connectivity index (χ1n) is 25.8. The van der Waals surface area contributed by atoms with Gasteiger partial charge in [-0.3, -0.25) is 0 Å². The van der Waals surface area contributed by atoms with E-state index in [-0.39, 0.29) is 11.8 Å². The second-order valence-electron chi connectivity index (χ2n) is 20.0. The number of imidazole rings is 2. The van der Waals surface area contributed by atoms with Crippen LogP contribution in [0.15, 0.2) is 231 Å². The van der Waals surface area contributed by atoms with Crippen molar-refractivity contribution in [2.75, 3.05) is 0 Å². The van der Waals surface area contributed by atoms with Crippen molar-refractivity contribution in [1.82, 2.24) is 39.0 Å². The molecule has 0 aliphatic heterocycles. The number of fused-ring (bicyclic) bond motifs is 2. The van der Waals surface area contributed by atoms with Gasteiger partial charge in [0.15, 0.2) is 11.6 Å². The number of hydrogen-bond acceptors (Lipinski definition) is 6. The monoisotopic (exact) mass is 974 g/mol. The van der Waals surface area contributed by atoms with Crippen LogP contribution in [0.1, 0.15) is 45.2 Å². The Bertz CT molecular complexity index is 4170. The summed E-state index contributed by atoms with van der Waals surface area (Å²) >= 11 is 0. The quantitative estimate of drug-likeness (QED) is 0.151. The molecule has 4 heterocycles. The zero-order chi connectivity index (χ0) is 50.4. The summed E-state index contributed by atoms with van der Waals surface area (Å²) in [6.45, 7) is 0. The zero-order valence-electron chi connectivity index (χ0n) is 41.7. The van der Waals surface area contributed by atoms with Crippen LogP contribution in [0.2, 0.25) is 0 Å². The molecule has 358 valence electrons. The highest BCUT2D eigenvalue weighted by Gasteiger charge is 2.41. The predicted molar refractivity (Wildman–Crippen MR) is 304 cm³/mol. The minimum atomic E-state index is 0.0337. The molecule has 2 unspecified atom stereocenters. The van der Waals surface area contributed by atoms with Crippen LogP contribution in [0.25, 0.3) is 113 Å². The number of hydrogen-bond donors (Lipinski definition) is 0. The van der Waals surface area contributed by atoms with Crippen LogP contribution >= 0.6 is 0 Å². The lowest BCUT2D eigenvalue weighted by Gasteiger charge is -2.42. The zero-order valence-corrected chi connectivity index (χ0v) is 41.7. The van der Waals surface area contributed by atoms with Gasteiger partial charge >= 0.3 is 0 Å². The van der Waals surface area contributed by atoms with Crippen molar-refractivity contribution in [2.45, 2.75) is 11.8 Å². The SMILES string of the molecule is Cn1c(-c2cccc(-c3cc(-c4ccc5c(c4)C4c6ccccc6C5c5cc(-c6cc(-c7cccc(-c8nc9ccccc9n8C)c7)nc(-c7ccccc7)n6)ccc54)nc(-c4ccccc4)n3)c2)nc2ccccc21. The lowest BCUT2D eigenvalue weighted by molar-refractivity contribution is 0.755. The molecular formula is C68H46N8. The number of aryl methyl sites for hydroxylation is 2. The van der Waals surface area contributed by atoms with E-state index in [9.17, 15) is 0 Å². The molecule has 0 spiro atoms. The first-order valence-corrected chi connectivity index (χ1v) is 25.8. The molecule has 4 aromatic heterocycles. The topological polar surface area (TPSA) is 87.2 Å². The number of aromatic nitrogens is 8. The Labute approximate surface area is 439 Å². The molecule has 9 aromatic carbocycles. The molecule has 8 heteroatoms. The van der Waals surface area contributed by atoms with Crippen LogP contribution in [0.4, 0.5) is 0 Å². The third-order valence-corrected chi connectivity index (χ3v) is 15.6. The van der Waals surface area contributed by atoms with Crippen LogP contribution in [0.3, 0.4) is 0 Å². The minimum absolute atomic E-state index is 0.0337. The van der Waals surface area contributed by atoms with Gasteiger partial charge in [-0.15, -0.1) is 0 Å². The van der Waals surface area contributed by atoms with Crippen LogP contribution in [0, 0.1) is 0 Å². The molecule has 76 heavy (non-hydrogen) atoms. The van der Waals surface area contributed by atoms with Gasteiger partial charge in [0.05, 0.1) is 44.8 Å². The third-order valence-electron chi connectivity index (χ3n) is 15.6. The second kappa shape index (κ2) is 17.4. The molecule has 2 atom stereocenters. The Morgan fingerprint density at radius 1 is 0.263 bits per heavy atom. The summed E-state index contributed by atoms with van der Waals surface area (Å²) in [5.41, 5.74) is 23.6. The van der Waals surface area contributed by atoms with Crippen molar-refractivity contribution in [3.05, 3.63) is 264 Å². The molecule has 3 aliphatic carbocycles. The molecule has 0 radical (unpaired) electrons. The maximum Gasteiger partial charge on any atom is 0.160 e. The molecule has 0 saturated heterocycles. The highest BCUT2D eigenvalue weighted by atomic mass is 15.1.